The second-order valence-corrected chi connectivity index (χ2v) is 4.98. The highest BCUT2D eigenvalue weighted by Gasteiger charge is 2.20. The fourth-order valence-electron chi connectivity index (χ4n) is 1.51. The largest absolute Gasteiger partial charge is 0.478 e. The summed E-state index contributed by atoms with van der Waals surface area (Å²) in [6.45, 7) is 3.68. The Hall–Kier alpha value is -2.14. The molecule has 0 unspecified atom stereocenters. The van der Waals surface area contributed by atoms with Crippen LogP contribution in [0, 0.1) is 0 Å². The normalized spacial score (nSPS) is 11.6. The van der Waals surface area contributed by atoms with Gasteiger partial charge < -0.3 is 15.2 Å². The van der Waals surface area contributed by atoms with Crippen molar-refractivity contribution in [3.8, 4) is 0 Å². The van der Waals surface area contributed by atoms with Crippen molar-refractivity contribution in [2.45, 2.75) is 25.9 Å². The number of methoxy groups -OCH3 is 1. The second-order valence-electron chi connectivity index (χ2n) is 4.98. The topological polar surface area (TPSA) is 75.6 Å². The summed E-state index contributed by atoms with van der Waals surface area (Å²) in [5.74, 6) is -1.13. The Kier molecular flexibility index (Phi) is 5.46. The van der Waals surface area contributed by atoms with Crippen LogP contribution in [0.2, 0.25) is 0 Å². The number of ether oxygens (including phenoxy) is 1. The standard InChI is InChI=1S/C15H19NO4/c1-15(2,20-3)10-13(17)16-12-7-4-11(5-8-12)6-9-14(18)19/h4-9H,10H2,1-3H3,(H,16,17)(H,18,19)/b9-6+. The number of anilines is 1. The second kappa shape index (κ2) is 6.86. The van der Waals surface area contributed by atoms with Gasteiger partial charge in [0, 0.05) is 18.9 Å². The molecule has 1 aromatic carbocycles. The summed E-state index contributed by atoms with van der Waals surface area (Å²) >= 11 is 0. The average Bonchev–Trinajstić information content (AvgIpc) is 2.37. The molecule has 0 bridgehead atoms. The van der Waals surface area contributed by atoms with Crippen LogP contribution in [0.4, 0.5) is 5.69 Å². The number of carbonyl (C=O) groups excluding carboxylic acids is 1. The molecule has 1 aromatic rings. The first kappa shape index (κ1) is 15.9. The number of carboxylic acid groups (broad SMARTS) is 1. The van der Waals surface area contributed by atoms with Crippen LogP contribution in [0.15, 0.2) is 30.3 Å². The molecule has 0 saturated carbocycles. The molecule has 0 heterocycles. The van der Waals surface area contributed by atoms with E-state index in [0.29, 0.717) is 5.69 Å². The quantitative estimate of drug-likeness (QED) is 0.783. The van der Waals surface area contributed by atoms with Crippen LogP contribution in [0.25, 0.3) is 6.08 Å². The van der Waals surface area contributed by atoms with Crippen molar-refractivity contribution in [2.24, 2.45) is 0 Å². The van der Waals surface area contributed by atoms with Crippen LogP contribution in [0.3, 0.4) is 0 Å². The highest BCUT2D eigenvalue weighted by Crippen LogP contribution is 2.16. The van der Waals surface area contributed by atoms with Crippen molar-refractivity contribution in [3.05, 3.63) is 35.9 Å². The lowest BCUT2D eigenvalue weighted by atomic mass is 10.0. The zero-order valence-electron chi connectivity index (χ0n) is 11.8. The first-order valence-corrected chi connectivity index (χ1v) is 6.18. The van der Waals surface area contributed by atoms with E-state index in [9.17, 15) is 9.59 Å². The van der Waals surface area contributed by atoms with E-state index in [1.165, 1.54) is 6.08 Å². The molecule has 0 aromatic heterocycles. The third kappa shape index (κ3) is 5.67. The maximum absolute atomic E-state index is 11.8. The molecule has 0 aliphatic rings. The molecule has 0 aliphatic heterocycles. The number of carbonyl (C=O) groups is 2. The van der Waals surface area contributed by atoms with Crippen LogP contribution < -0.4 is 5.32 Å². The van der Waals surface area contributed by atoms with E-state index < -0.39 is 11.6 Å². The molecule has 1 rings (SSSR count). The number of hydrogen-bond donors (Lipinski definition) is 2. The molecule has 0 radical (unpaired) electrons. The highest BCUT2D eigenvalue weighted by atomic mass is 16.5. The third-order valence-electron chi connectivity index (χ3n) is 2.75. The van der Waals surface area contributed by atoms with Gasteiger partial charge in [-0.3, -0.25) is 4.79 Å². The lowest BCUT2D eigenvalue weighted by Crippen LogP contribution is -2.29. The van der Waals surface area contributed by atoms with Crippen LogP contribution in [0.1, 0.15) is 25.8 Å². The summed E-state index contributed by atoms with van der Waals surface area (Å²) in [7, 11) is 1.57. The third-order valence-corrected chi connectivity index (χ3v) is 2.75. The Bertz CT molecular complexity index is 503. The molecule has 5 heteroatoms. The monoisotopic (exact) mass is 277 g/mol. The lowest BCUT2D eigenvalue weighted by Gasteiger charge is -2.21. The molecular formula is C15H19NO4. The van der Waals surface area contributed by atoms with E-state index in [-0.39, 0.29) is 12.3 Å². The fourth-order valence-corrected chi connectivity index (χ4v) is 1.51. The van der Waals surface area contributed by atoms with E-state index in [1.807, 2.05) is 13.8 Å². The molecule has 0 atom stereocenters. The van der Waals surface area contributed by atoms with Crippen molar-refractivity contribution in [3.63, 3.8) is 0 Å². The van der Waals surface area contributed by atoms with Crippen molar-refractivity contribution in [2.75, 3.05) is 12.4 Å². The summed E-state index contributed by atoms with van der Waals surface area (Å²) < 4.78 is 5.19. The minimum Gasteiger partial charge on any atom is -0.478 e. The van der Waals surface area contributed by atoms with Crippen molar-refractivity contribution in [1.82, 2.24) is 0 Å². The van der Waals surface area contributed by atoms with Crippen molar-refractivity contribution < 1.29 is 19.4 Å². The van der Waals surface area contributed by atoms with Crippen LogP contribution in [-0.2, 0) is 14.3 Å². The maximum Gasteiger partial charge on any atom is 0.328 e. The van der Waals surface area contributed by atoms with E-state index in [1.54, 1.807) is 31.4 Å². The number of rotatable bonds is 6. The molecule has 0 spiro atoms. The molecule has 5 nitrogen and oxygen atoms in total. The average molecular weight is 277 g/mol. The van der Waals surface area contributed by atoms with Gasteiger partial charge in [-0.2, -0.15) is 0 Å². The predicted molar refractivity (Wildman–Crippen MR) is 77.4 cm³/mol. The van der Waals surface area contributed by atoms with Gasteiger partial charge >= 0.3 is 5.97 Å². The summed E-state index contributed by atoms with van der Waals surface area (Å²) in [6.07, 6.45) is 2.81. The first-order valence-electron chi connectivity index (χ1n) is 6.18. The molecule has 0 fully saturated rings. The van der Waals surface area contributed by atoms with E-state index in [4.69, 9.17) is 9.84 Å². The summed E-state index contributed by atoms with van der Waals surface area (Å²) in [4.78, 5) is 22.2. The predicted octanol–water partition coefficient (Wildman–Crippen LogP) is 2.54. The molecule has 20 heavy (non-hydrogen) atoms. The van der Waals surface area contributed by atoms with Gasteiger partial charge in [-0.05, 0) is 37.6 Å². The molecule has 1 amide bonds. The fraction of sp³-hybridized carbons (Fsp3) is 0.333. The molecule has 108 valence electrons. The maximum atomic E-state index is 11.8. The van der Waals surface area contributed by atoms with Crippen LogP contribution in [-0.4, -0.2) is 29.7 Å². The minimum atomic E-state index is -0.996. The zero-order valence-corrected chi connectivity index (χ0v) is 11.8. The van der Waals surface area contributed by atoms with Gasteiger partial charge in [-0.25, -0.2) is 4.79 Å². The molecule has 0 aliphatic carbocycles. The Morgan fingerprint density at radius 1 is 1.30 bits per heavy atom. The van der Waals surface area contributed by atoms with Crippen molar-refractivity contribution in [1.29, 1.82) is 0 Å². The summed E-state index contributed by atoms with van der Waals surface area (Å²) in [5.41, 5.74) is 0.908. The number of amides is 1. The van der Waals surface area contributed by atoms with Crippen molar-refractivity contribution >= 4 is 23.6 Å². The Labute approximate surface area is 118 Å². The van der Waals surface area contributed by atoms with E-state index in [2.05, 4.69) is 5.32 Å². The Balaban J connectivity index is 2.61. The number of nitrogens with one attached hydrogen (secondary N) is 1. The van der Waals surface area contributed by atoms with E-state index >= 15 is 0 Å². The molecular weight excluding hydrogens is 258 g/mol. The lowest BCUT2D eigenvalue weighted by molar-refractivity contribution is -0.131. The number of benzene rings is 1. The Morgan fingerprint density at radius 3 is 2.40 bits per heavy atom. The summed E-state index contributed by atoms with van der Waals surface area (Å²) in [5, 5.41) is 11.3. The Morgan fingerprint density at radius 2 is 1.90 bits per heavy atom. The van der Waals surface area contributed by atoms with Gasteiger partial charge in [0.25, 0.3) is 0 Å². The van der Waals surface area contributed by atoms with Gasteiger partial charge in [-0.1, -0.05) is 12.1 Å². The first-order chi connectivity index (χ1) is 9.32. The number of carboxylic acids is 1. The molecule has 2 N–H and O–H groups in total. The smallest absolute Gasteiger partial charge is 0.328 e. The van der Waals surface area contributed by atoms with Gasteiger partial charge in [0.2, 0.25) is 5.91 Å². The van der Waals surface area contributed by atoms with Crippen LogP contribution in [0.5, 0.6) is 0 Å². The molecule has 0 saturated heterocycles. The van der Waals surface area contributed by atoms with Gasteiger partial charge in [0.05, 0.1) is 12.0 Å². The zero-order chi connectivity index (χ0) is 15.2. The van der Waals surface area contributed by atoms with E-state index in [0.717, 1.165) is 11.6 Å². The van der Waals surface area contributed by atoms with Gasteiger partial charge in [0.15, 0.2) is 0 Å². The summed E-state index contributed by atoms with van der Waals surface area (Å²) in [6, 6.07) is 6.91. The number of hydrogen-bond acceptors (Lipinski definition) is 3. The minimum absolute atomic E-state index is 0.134. The van der Waals surface area contributed by atoms with Gasteiger partial charge in [0.1, 0.15) is 0 Å². The van der Waals surface area contributed by atoms with Gasteiger partial charge in [-0.15, -0.1) is 0 Å². The van der Waals surface area contributed by atoms with Crippen LogP contribution >= 0.6 is 0 Å². The highest BCUT2D eigenvalue weighted by molar-refractivity contribution is 5.91. The SMILES string of the molecule is COC(C)(C)CC(=O)Nc1ccc(/C=C/C(=O)O)cc1. The number of aliphatic carboxylic acids is 1.